The van der Waals surface area contributed by atoms with Crippen molar-refractivity contribution in [3.05, 3.63) is 0 Å². The van der Waals surface area contributed by atoms with Crippen LogP contribution < -0.4 is 0 Å². The average molecular weight is 258 g/mol. The lowest BCUT2D eigenvalue weighted by atomic mass is 9.73. The quantitative estimate of drug-likeness (QED) is 0.520. The second kappa shape index (κ2) is 5.29. The van der Waals surface area contributed by atoms with Crippen LogP contribution in [0.5, 0.6) is 0 Å². The van der Waals surface area contributed by atoms with E-state index in [4.69, 9.17) is 10.2 Å². The molecule has 0 amide bonds. The van der Waals surface area contributed by atoms with E-state index in [1.165, 1.54) is 27.7 Å². The number of carboxylic acids is 2. The van der Waals surface area contributed by atoms with Crippen LogP contribution in [0.1, 0.15) is 34.1 Å². The van der Waals surface area contributed by atoms with Crippen molar-refractivity contribution in [1.82, 2.24) is 0 Å². The third-order valence-electron chi connectivity index (χ3n) is 3.01. The number of Topliss-reactive ketones (excluding diaryl/α,β-unsaturated/α-hetero) is 1. The molecule has 0 bridgehead atoms. The van der Waals surface area contributed by atoms with E-state index in [0.717, 1.165) is 0 Å². The number of hydrogen-bond donors (Lipinski definition) is 2. The van der Waals surface area contributed by atoms with Gasteiger partial charge in [-0.2, -0.15) is 0 Å². The van der Waals surface area contributed by atoms with Gasteiger partial charge in [-0.25, -0.2) is 0 Å². The van der Waals surface area contributed by atoms with Gasteiger partial charge in [-0.05, 0) is 27.7 Å². The van der Waals surface area contributed by atoms with Gasteiger partial charge in [0.25, 0.3) is 0 Å². The molecule has 0 aromatic carbocycles. The Bertz CT molecular complexity index is 380. The molecule has 6 heteroatoms. The molecular formula is C12H18O6. The Morgan fingerprint density at radius 1 is 1.06 bits per heavy atom. The Balaban J connectivity index is 5.13. The second-order valence-corrected chi connectivity index (χ2v) is 5.47. The number of aldehydes is 1. The predicted octanol–water partition coefficient (Wildman–Crippen LogP) is 0.982. The number of hydrogen-bond acceptors (Lipinski definition) is 4. The first kappa shape index (κ1) is 16.3. The highest BCUT2D eigenvalue weighted by molar-refractivity contribution is 6.00. The topological polar surface area (TPSA) is 109 Å². The maximum absolute atomic E-state index is 11.9. The van der Waals surface area contributed by atoms with Gasteiger partial charge in [0.05, 0.1) is 16.7 Å². The summed E-state index contributed by atoms with van der Waals surface area (Å²) < 4.78 is 0. The van der Waals surface area contributed by atoms with Crippen molar-refractivity contribution in [2.45, 2.75) is 34.1 Å². The van der Waals surface area contributed by atoms with Crippen molar-refractivity contribution in [3.63, 3.8) is 0 Å². The molecule has 0 saturated carbocycles. The largest absolute Gasteiger partial charge is 0.481 e. The molecule has 102 valence electrons. The maximum Gasteiger partial charge on any atom is 0.310 e. The zero-order chi connectivity index (χ0) is 14.7. The van der Waals surface area contributed by atoms with E-state index < -0.39 is 34.5 Å². The van der Waals surface area contributed by atoms with E-state index in [2.05, 4.69) is 0 Å². The first-order valence-corrected chi connectivity index (χ1v) is 5.41. The van der Waals surface area contributed by atoms with Crippen LogP contribution in [0.2, 0.25) is 0 Å². The number of ketones is 1. The highest BCUT2D eigenvalue weighted by Gasteiger charge is 2.43. The third kappa shape index (κ3) is 3.38. The number of aliphatic carboxylic acids is 2. The summed E-state index contributed by atoms with van der Waals surface area (Å²) in [6.45, 7) is 5.23. The minimum absolute atomic E-state index is 0.272. The summed E-state index contributed by atoms with van der Waals surface area (Å²) >= 11 is 0. The monoisotopic (exact) mass is 258 g/mol. The molecule has 0 aromatic heterocycles. The molecule has 2 N–H and O–H groups in total. The van der Waals surface area contributed by atoms with Crippen molar-refractivity contribution < 1.29 is 29.4 Å². The van der Waals surface area contributed by atoms with Gasteiger partial charge in [0, 0.05) is 6.42 Å². The predicted molar refractivity (Wildman–Crippen MR) is 62.0 cm³/mol. The summed E-state index contributed by atoms with van der Waals surface area (Å²) in [6, 6.07) is 0. The van der Waals surface area contributed by atoms with Gasteiger partial charge < -0.3 is 15.0 Å². The second-order valence-electron chi connectivity index (χ2n) is 5.47. The highest BCUT2D eigenvalue weighted by Crippen LogP contribution is 2.31. The van der Waals surface area contributed by atoms with Gasteiger partial charge in [-0.3, -0.25) is 14.4 Å². The van der Waals surface area contributed by atoms with Crippen molar-refractivity contribution >= 4 is 24.0 Å². The standard InChI is InChI=1S/C12H18O6/c1-11(2,9(15)16)5-8(14)7(6-13)12(3,4)10(17)18/h6-7H,5H2,1-4H3,(H,15,16)(H,17,18). The van der Waals surface area contributed by atoms with Crippen LogP contribution in [0.25, 0.3) is 0 Å². The van der Waals surface area contributed by atoms with Crippen molar-refractivity contribution in [3.8, 4) is 0 Å². The van der Waals surface area contributed by atoms with Gasteiger partial charge in [0.15, 0.2) is 0 Å². The van der Waals surface area contributed by atoms with E-state index in [-0.39, 0.29) is 12.7 Å². The molecule has 1 atom stereocenters. The minimum atomic E-state index is -1.55. The SMILES string of the molecule is CC(C)(CC(=O)C(C=O)C(C)(C)C(=O)O)C(=O)O. The van der Waals surface area contributed by atoms with Crippen LogP contribution >= 0.6 is 0 Å². The number of carbonyl (C=O) groups excluding carboxylic acids is 2. The van der Waals surface area contributed by atoms with Gasteiger partial charge in [0.2, 0.25) is 0 Å². The number of rotatable bonds is 7. The number of carbonyl (C=O) groups is 4. The van der Waals surface area contributed by atoms with Crippen molar-refractivity contribution in [2.75, 3.05) is 0 Å². The van der Waals surface area contributed by atoms with E-state index in [9.17, 15) is 19.2 Å². The molecule has 0 aliphatic carbocycles. The molecule has 0 aliphatic rings. The third-order valence-corrected chi connectivity index (χ3v) is 3.01. The van der Waals surface area contributed by atoms with Gasteiger partial charge in [-0.15, -0.1) is 0 Å². The van der Waals surface area contributed by atoms with Gasteiger partial charge in [0.1, 0.15) is 12.1 Å². The Morgan fingerprint density at radius 2 is 1.50 bits per heavy atom. The van der Waals surface area contributed by atoms with Gasteiger partial charge >= 0.3 is 11.9 Å². The molecule has 0 spiro atoms. The van der Waals surface area contributed by atoms with E-state index in [1.54, 1.807) is 0 Å². The van der Waals surface area contributed by atoms with Crippen LogP contribution in [-0.4, -0.2) is 34.2 Å². The van der Waals surface area contributed by atoms with Crippen LogP contribution in [0.15, 0.2) is 0 Å². The van der Waals surface area contributed by atoms with E-state index in [1.807, 2.05) is 0 Å². The summed E-state index contributed by atoms with van der Waals surface area (Å²) in [7, 11) is 0. The Hall–Kier alpha value is -1.72. The Labute approximate surface area is 105 Å². The lowest BCUT2D eigenvalue weighted by molar-refractivity contribution is -0.157. The van der Waals surface area contributed by atoms with Crippen LogP contribution in [0.4, 0.5) is 0 Å². The summed E-state index contributed by atoms with van der Waals surface area (Å²) in [6.07, 6.45) is -0.114. The molecule has 1 unspecified atom stereocenters. The molecule has 0 aromatic rings. The minimum Gasteiger partial charge on any atom is -0.481 e. The first-order chi connectivity index (χ1) is 7.96. The van der Waals surface area contributed by atoms with E-state index >= 15 is 0 Å². The zero-order valence-corrected chi connectivity index (χ0v) is 10.9. The van der Waals surface area contributed by atoms with Gasteiger partial charge in [-0.1, -0.05) is 0 Å². The normalized spacial score (nSPS) is 13.8. The fourth-order valence-electron chi connectivity index (χ4n) is 1.40. The fraction of sp³-hybridized carbons (Fsp3) is 0.667. The van der Waals surface area contributed by atoms with Crippen molar-refractivity contribution in [2.24, 2.45) is 16.7 Å². The molecule has 0 rings (SSSR count). The fourth-order valence-corrected chi connectivity index (χ4v) is 1.40. The van der Waals surface area contributed by atoms with Crippen LogP contribution in [0.3, 0.4) is 0 Å². The summed E-state index contributed by atoms with van der Waals surface area (Å²) in [5.74, 6) is -4.48. The molecule has 0 saturated heterocycles. The lowest BCUT2D eigenvalue weighted by Crippen LogP contribution is -2.41. The smallest absolute Gasteiger partial charge is 0.310 e. The maximum atomic E-state index is 11.9. The molecule has 18 heavy (non-hydrogen) atoms. The zero-order valence-electron chi connectivity index (χ0n) is 10.9. The Kier molecular flexibility index (Phi) is 4.78. The molecular weight excluding hydrogens is 240 g/mol. The summed E-state index contributed by atoms with van der Waals surface area (Å²) in [5, 5.41) is 17.9. The van der Waals surface area contributed by atoms with Crippen molar-refractivity contribution in [1.29, 1.82) is 0 Å². The van der Waals surface area contributed by atoms with Crippen LogP contribution in [0, 0.1) is 16.7 Å². The molecule has 0 radical (unpaired) electrons. The number of carboxylic acid groups (broad SMARTS) is 2. The summed E-state index contributed by atoms with van der Waals surface area (Å²) in [4.78, 5) is 44.7. The van der Waals surface area contributed by atoms with E-state index in [0.29, 0.717) is 0 Å². The highest BCUT2D eigenvalue weighted by atomic mass is 16.4. The lowest BCUT2D eigenvalue weighted by Gasteiger charge is -2.27. The first-order valence-electron chi connectivity index (χ1n) is 5.41. The molecule has 0 aliphatic heterocycles. The molecule has 0 fully saturated rings. The molecule has 6 nitrogen and oxygen atoms in total. The average Bonchev–Trinajstić information content (AvgIpc) is 2.16. The summed E-state index contributed by atoms with van der Waals surface area (Å²) in [5.41, 5.74) is -2.87. The van der Waals surface area contributed by atoms with Crippen LogP contribution in [-0.2, 0) is 19.2 Å². The molecule has 0 heterocycles. The Morgan fingerprint density at radius 3 is 1.78 bits per heavy atom.